The number of allylic oxidation sites excluding steroid dienone is 4. The van der Waals surface area contributed by atoms with E-state index in [1.54, 1.807) is 26.0 Å². The Morgan fingerprint density at radius 3 is 2.41 bits per heavy atom. The van der Waals surface area contributed by atoms with Crippen LogP contribution in [0.3, 0.4) is 0 Å². The number of ketones is 1. The molecule has 1 aliphatic carbocycles. The molecule has 0 aromatic carbocycles. The standard InChI is InChI=1S/C12H19O4P/c1-3-15-17(14,16-4-2)9-5-6-11-7-8-12(13)10-11/h5-6,10H,3-4,7-9H2,1-2H3/b6-5+. The predicted octanol–water partition coefficient (Wildman–Crippen LogP) is 3.10. The summed E-state index contributed by atoms with van der Waals surface area (Å²) in [7, 11) is -2.99. The Balaban J connectivity index is 2.52. The summed E-state index contributed by atoms with van der Waals surface area (Å²) in [5.41, 5.74) is 0.981. The van der Waals surface area contributed by atoms with Gasteiger partial charge in [0, 0.05) is 6.42 Å². The Morgan fingerprint density at radius 1 is 1.29 bits per heavy atom. The van der Waals surface area contributed by atoms with Crippen LogP contribution in [-0.2, 0) is 18.4 Å². The molecule has 0 atom stereocenters. The maximum Gasteiger partial charge on any atom is 0.334 e. The molecule has 4 nitrogen and oxygen atoms in total. The van der Waals surface area contributed by atoms with E-state index in [1.807, 2.05) is 6.08 Å². The summed E-state index contributed by atoms with van der Waals surface area (Å²) in [5.74, 6) is 0.155. The van der Waals surface area contributed by atoms with Gasteiger partial charge in [-0.1, -0.05) is 12.2 Å². The molecule has 0 amide bonds. The molecular weight excluding hydrogens is 239 g/mol. The highest BCUT2D eigenvalue weighted by Gasteiger charge is 2.21. The molecule has 0 aromatic heterocycles. The summed E-state index contributed by atoms with van der Waals surface area (Å²) in [6, 6.07) is 0. The van der Waals surface area contributed by atoms with Crippen molar-refractivity contribution >= 4 is 13.4 Å². The second-order valence-corrected chi connectivity index (χ2v) is 5.82. The second kappa shape index (κ2) is 6.90. The van der Waals surface area contributed by atoms with Crippen LogP contribution in [-0.4, -0.2) is 25.2 Å². The van der Waals surface area contributed by atoms with Crippen LogP contribution >= 0.6 is 7.60 Å². The molecule has 0 spiro atoms. The fraction of sp³-hybridized carbons (Fsp3) is 0.583. The Bertz CT molecular complexity index is 361. The van der Waals surface area contributed by atoms with E-state index in [0.29, 0.717) is 19.6 Å². The maximum absolute atomic E-state index is 12.1. The normalized spacial score (nSPS) is 16.8. The van der Waals surface area contributed by atoms with Crippen LogP contribution in [0, 0.1) is 0 Å². The smallest absolute Gasteiger partial charge is 0.309 e. The summed E-state index contributed by atoms with van der Waals surface area (Å²) in [5, 5.41) is 0. The minimum absolute atomic E-state index is 0.155. The van der Waals surface area contributed by atoms with Gasteiger partial charge in [0.05, 0.1) is 19.4 Å². The SMILES string of the molecule is CCOP(=O)(C/C=C/C1=CC(=O)CC1)OCC. The highest BCUT2D eigenvalue weighted by molar-refractivity contribution is 7.54. The molecule has 96 valence electrons. The highest BCUT2D eigenvalue weighted by Crippen LogP contribution is 2.47. The number of hydrogen-bond acceptors (Lipinski definition) is 4. The van der Waals surface area contributed by atoms with Crippen molar-refractivity contribution in [3.63, 3.8) is 0 Å². The lowest BCUT2D eigenvalue weighted by molar-refractivity contribution is -0.114. The third-order valence-electron chi connectivity index (χ3n) is 2.32. The van der Waals surface area contributed by atoms with Gasteiger partial charge in [0.2, 0.25) is 0 Å². The summed E-state index contributed by atoms with van der Waals surface area (Å²) < 4.78 is 22.4. The van der Waals surface area contributed by atoms with Gasteiger partial charge in [-0.3, -0.25) is 9.36 Å². The molecule has 0 heterocycles. The van der Waals surface area contributed by atoms with E-state index >= 15 is 0 Å². The third-order valence-corrected chi connectivity index (χ3v) is 4.28. The molecule has 5 heteroatoms. The van der Waals surface area contributed by atoms with Crippen LogP contribution in [0.2, 0.25) is 0 Å². The van der Waals surface area contributed by atoms with Crippen molar-refractivity contribution in [2.75, 3.05) is 19.4 Å². The van der Waals surface area contributed by atoms with Crippen molar-refractivity contribution in [3.8, 4) is 0 Å². The van der Waals surface area contributed by atoms with Crippen molar-refractivity contribution in [2.24, 2.45) is 0 Å². The molecule has 17 heavy (non-hydrogen) atoms. The van der Waals surface area contributed by atoms with Gasteiger partial charge in [-0.25, -0.2) is 0 Å². The molecule has 0 bridgehead atoms. The third kappa shape index (κ3) is 4.99. The Labute approximate surface area is 102 Å². The molecule has 0 aromatic rings. The minimum Gasteiger partial charge on any atom is -0.309 e. The van der Waals surface area contributed by atoms with Gasteiger partial charge in [-0.15, -0.1) is 0 Å². The largest absolute Gasteiger partial charge is 0.334 e. The molecule has 0 radical (unpaired) electrons. The monoisotopic (exact) mass is 258 g/mol. The predicted molar refractivity (Wildman–Crippen MR) is 67.2 cm³/mol. The first-order valence-electron chi connectivity index (χ1n) is 5.87. The van der Waals surface area contributed by atoms with Crippen molar-refractivity contribution in [3.05, 3.63) is 23.8 Å². The molecule has 0 fully saturated rings. The zero-order valence-corrected chi connectivity index (χ0v) is 11.2. The molecule has 1 rings (SSSR count). The van der Waals surface area contributed by atoms with Crippen LogP contribution in [0.25, 0.3) is 0 Å². The maximum atomic E-state index is 12.1. The first-order valence-corrected chi connectivity index (χ1v) is 7.60. The highest BCUT2D eigenvalue weighted by atomic mass is 31.2. The van der Waals surface area contributed by atoms with E-state index in [0.717, 1.165) is 12.0 Å². The Kier molecular flexibility index (Phi) is 5.83. The van der Waals surface area contributed by atoms with Crippen LogP contribution < -0.4 is 0 Å². The lowest BCUT2D eigenvalue weighted by Crippen LogP contribution is -1.98. The molecule has 0 saturated carbocycles. The summed E-state index contributed by atoms with van der Waals surface area (Å²) in [6.07, 6.45) is 6.81. The Hall–Kier alpha value is -0.700. The molecule has 0 unspecified atom stereocenters. The quantitative estimate of drug-likeness (QED) is 0.658. The van der Waals surface area contributed by atoms with E-state index in [-0.39, 0.29) is 11.9 Å². The van der Waals surface area contributed by atoms with E-state index in [1.165, 1.54) is 0 Å². The second-order valence-electron chi connectivity index (χ2n) is 3.72. The summed E-state index contributed by atoms with van der Waals surface area (Å²) in [6.45, 7) is 4.31. The molecule has 0 aliphatic heterocycles. The van der Waals surface area contributed by atoms with E-state index in [4.69, 9.17) is 9.05 Å². The molecule has 0 N–H and O–H groups in total. The topological polar surface area (TPSA) is 52.6 Å². The van der Waals surface area contributed by atoms with Crippen molar-refractivity contribution in [1.82, 2.24) is 0 Å². The van der Waals surface area contributed by atoms with Crippen LogP contribution in [0.4, 0.5) is 0 Å². The van der Waals surface area contributed by atoms with Gasteiger partial charge < -0.3 is 9.05 Å². The van der Waals surface area contributed by atoms with Gasteiger partial charge in [0.15, 0.2) is 5.78 Å². The lowest BCUT2D eigenvalue weighted by Gasteiger charge is -2.14. The average molecular weight is 258 g/mol. The average Bonchev–Trinajstić information content (AvgIpc) is 2.65. The number of carbonyl (C=O) groups excluding carboxylic acids is 1. The number of carbonyl (C=O) groups is 1. The summed E-state index contributed by atoms with van der Waals surface area (Å²) >= 11 is 0. The minimum atomic E-state index is -2.99. The molecule has 1 aliphatic rings. The zero-order chi connectivity index (χ0) is 12.7. The fourth-order valence-electron chi connectivity index (χ4n) is 1.62. The lowest BCUT2D eigenvalue weighted by atomic mass is 10.2. The van der Waals surface area contributed by atoms with Gasteiger partial charge in [0.1, 0.15) is 0 Å². The van der Waals surface area contributed by atoms with E-state index in [9.17, 15) is 9.36 Å². The van der Waals surface area contributed by atoms with Crippen molar-refractivity contribution in [1.29, 1.82) is 0 Å². The first-order chi connectivity index (χ1) is 8.09. The molecular formula is C12H19O4P. The summed E-state index contributed by atoms with van der Waals surface area (Å²) in [4.78, 5) is 11.0. The Morgan fingerprint density at radius 2 is 1.94 bits per heavy atom. The van der Waals surface area contributed by atoms with Crippen LogP contribution in [0.5, 0.6) is 0 Å². The molecule has 0 saturated heterocycles. The van der Waals surface area contributed by atoms with Crippen LogP contribution in [0.1, 0.15) is 26.7 Å². The number of rotatable bonds is 7. The van der Waals surface area contributed by atoms with Crippen molar-refractivity contribution in [2.45, 2.75) is 26.7 Å². The van der Waals surface area contributed by atoms with Gasteiger partial charge >= 0.3 is 7.60 Å². The van der Waals surface area contributed by atoms with Crippen molar-refractivity contribution < 1.29 is 18.4 Å². The first kappa shape index (κ1) is 14.4. The number of hydrogen-bond donors (Lipinski definition) is 0. The van der Waals surface area contributed by atoms with Gasteiger partial charge in [-0.05, 0) is 31.9 Å². The van der Waals surface area contributed by atoms with Gasteiger partial charge in [0.25, 0.3) is 0 Å². The zero-order valence-electron chi connectivity index (χ0n) is 10.3. The fourth-order valence-corrected chi connectivity index (χ4v) is 3.06. The van der Waals surface area contributed by atoms with E-state index < -0.39 is 7.60 Å². The van der Waals surface area contributed by atoms with E-state index in [2.05, 4.69) is 0 Å². The van der Waals surface area contributed by atoms with Crippen LogP contribution in [0.15, 0.2) is 23.8 Å². The van der Waals surface area contributed by atoms with Gasteiger partial charge in [-0.2, -0.15) is 0 Å².